The van der Waals surface area contributed by atoms with Gasteiger partial charge in [0.25, 0.3) is 0 Å². The first-order chi connectivity index (χ1) is 11.5. The van der Waals surface area contributed by atoms with Crippen LogP contribution >= 0.6 is 0 Å². The summed E-state index contributed by atoms with van der Waals surface area (Å²) in [6, 6.07) is 4.05. The van der Waals surface area contributed by atoms with Crippen molar-refractivity contribution < 1.29 is 14.3 Å². The number of primary amides is 1. The number of nitrogens with zero attached hydrogens (tertiary/aromatic N) is 3. The molecule has 0 radical (unpaired) electrons. The number of hydrogen-bond acceptors (Lipinski definition) is 5. The zero-order chi connectivity index (χ0) is 17.3. The fraction of sp³-hybridized carbons (Fsp3) is 0.529. The van der Waals surface area contributed by atoms with E-state index in [1.165, 1.54) is 4.90 Å². The normalized spacial score (nSPS) is 18.2. The second kappa shape index (κ2) is 6.68. The summed E-state index contributed by atoms with van der Waals surface area (Å²) < 4.78 is 5.49. The topological polar surface area (TPSA) is 79.1 Å². The van der Waals surface area contributed by atoms with Crippen LogP contribution in [0.4, 0.5) is 5.69 Å². The first-order valence-electron chi connectivity index (χ1n) is 8.22. The van der Waals surface area contributed by atoms with Crippen molar-refractivity contribution in [1.82, 2.24) is 9.80 Å². The van der Waals surface area contributed by atoms with Crippen molar-refractivity contribution >= 4 is 17.5 Å². The predicted molar refractivity (Wildman–Crippen MR) is 91.0 cm³/mol. The molecule has 0 atom stereocenters. The Balaban J connectivity index is 1.94. The van der Waals surface area contributed by atoms with Crippen LogP contribution in [0.15, 0.2) is 12.1 Å². The highest BCUT2D eigenvalue weighted by Crippen LogP contribution is 2.35. The maximum absolute atomic E-state index is 12.0. The van der Waals surface area contributed by atoms with Crippen molar-refractivity contribution in [3.8, 4) is 5.75 Å². The van der Waals surface area contributed by atoms with Crippen molar-refractivity contribution in [2.45, 2.75) is 13.0 Å². The molecule has 2 heterocycles. The van der Waals surface area contributed by atoms with Crippen molar-refractivity contribution in [2.75, 3.05) is 51.8 Å². The number of hydrogen-bond donors (Lipinski definition) is 1. The number of carbonyl (C=O) groups excluding carboxylic acids is 2. The molecule has 0 aliphatic carbocycles. The molecule has 0 aromatic heterocycles. The predicted octanol–water partition coefficient (Wildman–Crippen LogP) is -0.183. The van der Waals surface area contributed by atoms with Crippen LogP contribution in [0.2, 0.25) is 0 Å². The molecule has 1 aromatic carbocycles. The van der Waals surface area contributed by atoms with Crippen LogP contribution in [0.25, 0.3) is 0 Å². The van der Waals surface area contributed by atoms with Crippen molar-refractivity contribution in [1.29, 1.82) is 0 Å². The summed E-state index contributed by atoms with van der Waals surface area (Å²) in [4.78, 5) is 29.4. The zero-order valence-corrected chi connectivity index (χ0v) is 14.2. The van der Waals surface area contributed by atoms with Gasteiger partial charge in [-0.05, 0) is 25.6 Å². The van der Waals surface area contributed by atoms with Crippen molar-refractivity contribution in [3.05, 3.63) is 23.3 Å². The van der Waals surface area contributed by atoms with Crippen LogP contribution in [-0.2, 0) is 22.6 Å². The van der Waals surface area contributed by atoms with E-state index >= 15 is 0 Å². The van der Waals surface area contributed by atoms with Crippen molar-refractivity contribution in [2.24, 2.45) is 5.73 Å². The number of likely N-dealkylation sites (N-methyl/N-ethyl adjacent to an activating group) is 1. The van der Waals surface area contributed by atoms with Gasteiger partial charge in [0.15, 0.2) is 0 Å². The van der Waals surface area contributed by atoms with Gasteiger partial charge in [-0.25, -0.2) is 0 Å². The maximum Gasteiger partial charge on any atom is 0.311 e. The summed E-state index contributed by atoms with van der Waals surface area (Å²) in [5.41, 5.74) is 8.49. The first-order valence-corrected chi connectivity index (χ1v) is 8.22. The van der Waals surface area contributed by atoms with Crippen LogP contribution in [0.1, 0.15) is 11.1 Å². The molecule has 0 unspecified atom stereocenters. The van der Waals surface area contributed by atoms with Crippen LogP contribution in [0, 0.1) is 0 Å². The number of anilines is 1. The number of rotatable bonds is 2. The van der Waals surface area contributed by atoms with Crippen LogP contribution in [0.5, 0.6) is 5.75 Å². The van der Waals surface area contributed by atoms with Crippen LogP contribution in [0.3, 0.4) is 0 Å². The molecule has 2 N–H and O–H groups in total. The van der Waals surface area contributed by atoms with E-state index in [1.54, 1.807) is 7.11 Å². The van der Waals surface area contributed by atoms with Gasteiger partial charge in [-0.2, -0.15) is 0 Å². The van der Waals surface area contributed by atoms with Gasteiger partial charge in [0, 0.05) is 56.1 Å². The molecule has 3 rings (SSSR count). The fourth-order valence-corrected chi connectivity index (χ4v) is 3.49. The van der Waals surface area contributed by atoms with Gasteiger partial charge in [0.1, 0.15) is 5.75 Å². The minimum Gasteiger partial charge on any atom is -0.496 e. The Hall–Kier alpha value is -2.28. The molecule has 1 fully saturated rings. The van der Waals surface area contributed by atoms with Gasteiger partial charge in [-0.1, -0.05) is 0 Å². The Kier molecular flexibility index (Phi) is 4.62. The number of ether oxygens (including phenoxy) is 1. The fourth-order valence-electron chi connectivity index (χ4n) is 3.49. The Bertz CT molecular complexity index is 653. The average Bonchev–Trinajstić information content (AvgIpc) is 2.60. The van der Waals surface area contributed by atoms with E-state index in [0.717, 1.165) is 48.7 Å². The van der Waals surface area contributed by atoms with Gasteiger partial charge < -0.3 is 25.2 Å². The molecule has 1 saturated heterocycles. The minimum absolute atomic E-state index is 0.399. The summed E-state index contributed by atoms with van der Waals surface area (Å²) in [6.45, 7) is 4.78. The van der Waals surface area contributed by atoms with Crippen LogP contribution < -0.4 is 15.4 Å². The van der Waals surface area contributed by atoms with Gasteiger partial charge in [0.05, 0.1) is 7.11 Å². The molecule has 2 amide bonds. The largest absolute Gasteiger partial charge is 0.496 e. The summed E-state index contributed by atoms with van der Waals surface area (Å²) in [7, 11) is 3.78. The van der Waals surface area contributed by atoms with Gasteiger partial charge >= 0.3 is 11.8 Å². The molecule has 7 nitrogen and oxygen atoms in total. The Morgan fingerprint density at radius 2 is 1.79 bits per heavy atom. The number of amides is 2. The second-order valence-electron chi connectivity index (χ2n) is 6.38. The van der Waals surface area contributed by atoms with Gasteiger partial charge in [-0.3, -0.25) is 9.59 Å². The molecular weight excluding hydrogens is 308 g/mol. The summed E-state index contributed by atoms with van der Waals surface area (Å²) in [5.74, 6) is -0.677. The number of benzene rings is 1. The lowest BCUT2D eigenvalue weighted by atomic mass is 9.95. The lowest BCUT2D eigenvalue weighted by Crippen LogP contribution is -2.46. The van der Waals surface area contributed by atoms with Gasteiger partial charge in [-0.15, -0.1) is 0 Å². The van der Waals surface area contributed by atoms with E-state index in [9.17, 15) is 9.59 Å². The molecule has 0 saturated carbocycles. The lowest BCUT2D eigenvalue weighted by molar-refractivity contribution is -0.144. The number of carbonyl (C=O) groups is 2. The molecule has 24 heavy (non-hydrogen) atoms. The summed E-state index contributed by atoms with van der Waals surface area (Å²) in [6.07, 6.45) is 0.666. The number of methoxy groups -OCH3 is 1. The first kappa shape index (κ1) is 16.6. The Labute approximate surface area is 141 Å². The van der Waals surface area contributed by atoms with Gasteiger partial charge in [0.2, 0.25) is 0 Å². The van der Waals surface area contributed by atoms with E-state index in [2.05, 4.69) is 22.9 Å². The molecule has 2 aliphatic rings. The third-order valence-electron chi connectivity index (χ3n) is 4.91. The molecule has 2 aliphatic heterocycles. The third-order valence-corrected chi connectivity index (χ3v) is 4.91. The summed E-state index contributed by atoms with van der Waals surface area (Å²) in [5, 5.41) is 0. The lowest BCUT2D eigenvalue weighted by Gasteiger charge is -2.38. The quantitative estimate of drug-likeness (QED) is 0.760. The molecule has 0 spiro atoms. The Morgan fingerprint density at radius 1 is 1.08 bits per heavy atom. The monoisotopic (exact) mass is 332 g/mol. The smallest absolute Gasteiger partial charge is 0.311 e. The highest BCUT2D eigenvalue weighted by atomic mass is 16.5. The third kappa shape index (κ3) is 3.03. The average molecular weight is 332 g/mol. The maximum atomic E-state index is 12.0. The standard InChI is InChI=1S/C17H24N4O3/c1-19-7-9-20(10-8-19)14-3-4-15(24-2)12-5-6-21(11-13(12)14)17(23)16(18)22/h3-4H,5-11H2,1-2H3,(H2,18,22). The number of fused-ring (bicyclic) bond motifs is 1. The SMILES string of the molecule is COc1ccc(N2CCN(C)CC2)c2c1CCN(C(=O)C(N)=O)C2. The molecule has 7 heteroatoms. The minimum atomic E-state index is -0.900. The highest BCUT2D eigenvalue weighted by Gasteiger charge is 2.29. The van der Waals surface area contributed by atoms with E-state index in [4.69, 9.17) is 10.5 Å². The molecule has 1 aromatic rings. The zero-order valence-electron chi connectivity index (χ0n) is 14.2. The summed E-state index contributed by atoms with van der Waals surface area (Å²) >= 11 is 0. The Morgan fingerprint density at radius 3 is 2.42 bits per heavy atom. The highest BCUT2D eigenvalue weighted by molar-refractivity contribution is 6.34. The number of nitrogens with two attached hydrogens (primary N) is 1. The van der Waals surface area contributed by atoms with E-state index in [0.29, 0.717) is 19.5 Å². The van der Waals surface area contributed by atoms with Crippen LogP contribution in [-0.4, -0.2) is 68.5 Å². The van der Waals surface area contributed by atoms with Crippen molar-refractivity contribution in [3.63, 3.8) is 0 Å². The number of piperazine rings is 1. The molecule has 130 valence electrons. The van der Waals surface area contributed by atoms with E-state index in [-0.39, 0.29) is 0 Å². The molecular formula is C17H24N4O3. The van der Waals surface area contributed by atoms with E-state index in [1.807, 2.05) is 6.07 Å². The second-order valence-corrected chi connectivity index (χ2v) is 6.38. The molecule has 0 bridgehead atoms. The van der Waals surface area contributed by atoms with E-state index < -0.39 is 11.8 Å².